The molecule has 0 bridgehead atoms. The number of rotatable bonds is 9. The summed E-state index contributed by atoms with van der Waals surface area (Å²) >= 11 is 0. The molecule has 9 heteroatoms. The molecule has 0 radical (unpaired) electrons. The van der Waals surface area contributed by atoms with Crippen molar-refractivity contribution in [3.63, 3.8) is 0 Å². The number of ether oxygens (including phenoxy) is 4. The van der Waals surface area contributed by atoms with Crippen molar-refractivity contribution in [1.82, 2.24) is 10.2 Å². The van der Waals surface area contributed by atoms with Crippen molar-refractivity contribution in [3.05, 3.63) is 95.6 Å². The van der Waals surface area contributed by atoms with Crippen LogP contribution in [0.1, 0.15) is 29.5 Å². The number of carbonyl (C=O) groups excluding carboxylic acids is 2. The van der Waals surface area contributed by atoms with E-state index in [0.717, 1.165) is 21.6 Å². The van der Waals surface area contributed by atoms with E-state index in [-0.39, 0.29) is 25.4 Å². The van der Waals surface area contributed by atoms with E-state index in [2.05, 4.69) is 5.32 Å². The molecule has 2 fully saturated rings. The first-order valence-electron chi connectivity index (χ1n) is 12.9. The fraction of sp³-hybridized carbons (Fsp3) is 0.333. The third kappa shape index (κ3) is 5.21. The summed E-state index contributed by atoms with van der Waals surface area (Å²) in [5.74, 6) is 1.09. The van der Waals surface area contributed by atoms with Gasteiger partial charge in [-0.2, -0.15) is 0 Å². The van der Waals surface area contributed by atoms with Crippen LogP contribution in [-0.2, 0) is 19.9 Å². The molecule has 2 N–H and O–H groups in total. The largest absolute Gasteiger partial charge is 0.497 e. The van der Waals surface area contributed by atoms with Crippen LogP contribution < -0.4 is 14.8 Å². The third-order valence-electron chi connectivity index (χ3n) is 7.23. The van der Waals surface area contributed by atoms with Crippen LogP contribution in [0.25, 0.3) is 0 Å². The summed E-state index contributed by atoms with van der Waals surface area (Å²) in [6, 6.07) is 24.6. The number of methoxy groups -OCH3 is 2. The lowest BCUT2D eigenvalue weighted by Crippen LogP contribution is -2.54. The molecular formula is C30H32N2O7. The lowest BCUT2D eigenvalue weighted by Gasteiger charge is -2.37. The molecule has 3 atom stereocenters. The summed E-state index contributed by atoms with van der Waals surface area (Å²) in [4.78, 5) is 25.9. The first-order valence-corrected chi connectivity index (χ1v) is 12.9. The normalized spacial score (nSPS) is 21.5. The molecule has 2 heterocycles. The quantitative estimate of drug-likeness (QED) is 0.407. The Balaban J connectivity index is 1.51. The van der Waals surface area contributed by atoms with Crippen LogP contribution in [0.4, 0.5) is 4.79 Å². The molecular weight excluding hydrogens is 500 g/mol. The molecule has 3 aromatic carbocycles. The topological polar surface area (TPSA) is 107 Å². The Labute approximate surface area is 227 Å². The van der Waals surface area contributed by atoms with Crippen molar-refractivity contribution in [3.8, 4) is 11.5 Å². The summed E-state index contributed by atoms with van der Waals surface area (Å²) in [6.45, 7) is 0.285. The van der Waals surface area contributed by atoms with Crippen molar-refractivity contribution in [2.45, 2.75) is 36.9 Å². The van der Waals surface area contributed by atoms with Gasteiger partial charge in [0.25, 0.3) is 0 Å². The minimum atomic E-state index is -1.08. The fourth-order valence-corrected chi connectivity index (χ4v) is 5.19. The van der Waals surface area contributed by atoms with E-state index in [9.17, 15) is 14.7 Å². The van der Waals surface area contributed by atoms with Crippen LogP contribution >= 0.6 is 0 Å². The van der Waals surface area contributed by atoms with Gasteiger partial charge < -0.3 is 29.4 Å². The molecule has 204 valence electrons. The monoisotopic (exact) mass is 532 g/mol. The van der Waals surface area contributed by atoms with Gasteiger partial charge in [-0.15, -0.1) is 0 Å². The summed E-state index contributed by atoms with van der Waals surface area (Å²) < 4.78 is 23.6. The van der Waals surface area contributed by atoms with Gasteiger partial charge >= 0.3 is 6.03 Å². The molecule has 2 saturated heterocycles. The van der Waals surface area contributed by atoms with E-state index in [1.54, 1.807) is 14.2 Å². The molecule has 39 heavy (non-hydrogen) atoms. The Morgan fingerprint density at radius 1 is 0.897 bits per heavy atom. The zero-order valence-corrected chi connectivity index (χ0v) is 21.9. The summed E-state index contributed by atoms with van der Waals surface area (Å²) in [6.07, 6.45) is -2.27. The number of amides is 3. The Morgan fingerprint density at radius 3 is 2.00 bits per heavy atom. The highest BCUT2D eigenvalue weighted by Crippen LogP contribution is 2.42. The summed E-state index contributed by atoms with van der Waals surface area (Å²) in [7, 11) is 3.23. The molecule has 2 aliphatic rings. The number of hydrogen-bond acceptors (Lipinski definition) is 7. The van der Waals surface area contributed by atoms with Crippen LogP contribution in [0.5, 0.6) is 11.5 Å². The van der Waals surface area contributed by atoms with Crippen molar-refractivity contribution in [1.29, 1.82) is 0 Å². The summed E-state index contributed by atoms with van der Waals surface area (Å²) in [5, 5.41) is 13.6. The van der Waals surface area contributed by atoms with Crippen molar-refractivity contribution < 1.29 is 33.6 Å². The van der Waals surface area contributed by atoms with Gasteiger partial charge in [0.2, 0.25) is 5.91 Å². The minimum Gasteiger partial charge on any atom is -0.497 e. The Hall–Kier alpha value is -3.92. The number of carbonyl (C=O) groups is 2. The van der Waals surface area contributed by atoms with E-state index < -0.39 is 30.1 Å². The maximum atomic E-state index is 12.4. The van der Waals surface area contributed by atoms with Crippen LogP contribution in [0.3, 0.4) is 0 Å². The molecule has 2 aliphatic heterocycles. The maximum absolute atomic E-state index is 12.4. The second-order valence-electron chi connectivity index (χ2n) is 9.49. The first-order chi connectivity index (χ1) is 19.0. The summed E-state index contributed by atoms with van der Waals surface area (Å²) in [5.41, 5.74) is 1.47. The zero-order chi connectivity index (χ0) is 27.4. The van der Waals surface area contributed by atoms with Crippen LogP contribution in [0, 0.1) is 0 Å². The van der Waals surface area contributed by atoms with E-state index in [1.165, 1.54) is 0 Å². The second kappa shape index (κ2) is 11.4. The number of nitrogens with one attached hydrogen (secondary N) is 1. The number of urea groups is 1. The van der Waals surface area contributed by atoms with Gasteiger partial charge in [-0.05, 0) is 41.0 Å². The van der Waals surface area contributed by atoms with Gasteiger partial charge in [-0.3, -0.25) is 4.79 Å². The van der Waals surface area contributed by atoms with Gasteiger partial charge in [0.1, 0.15) is 29.4 Å². The Morgan fingerprint density at radius 2 is 1.46 bits per heavy atom. The van der Waals surface area contributed by atoms with E-state index in [4.69, 9.17) is 18.9 Å². The molecule has 0 aromatic heterocycles. The fourth-order valence-electron chi connectivity index (χ4n) is 5.19. The average Bonchev–Trinajstić information content (AvgIpc) is 3.34. The molecule has 3 aromatic rings. The average molecular weight is 533 g/mol. The smallest absolute Gasteiger partial charge is 0.326 e. The lowest BCUT2D eigenvalue weighted by molar-refractivity contribution is -0.144. The maximum Gasteiger partial charge on any atom is 0.326 e. The number of imide groups is 1. The Bertz CT molecular complexity index is 1220. The molecule has 3 amide bonds. The minimum absolute atomic E-state index is 0.00569. The van der Waals surface area contributed by atoms with Crippen LogP contribution in [0.2, 0.25) is 0 Å². The lowest BCUT2D eigenvalue weighted by atomic mass is 9.80. The molecule has 0 unspecified atom stereocenters. The van der Waals surface area contributed by atoms with E-state index in [0.29, 0.717) is 18.0 Å². The van der Waals surface area contributed by atoms with Gasteiger partial charge in [0.05, 0.1) is 26.9 Å². The number of benzene rings is 3. The molecule has 0 saturated carbocycles. The molecule has 9 nitrogen and oxygen atoms in total. The predicted octanol–water partition coefficient (Wildman–Crippen LogP) is 3.43. The highest BCUT2D eigenvalue weighted by Gasteiger charge is 2.45. The number of aliphatic hydroxyl groups excluding tert-OH is 1. The SMILES string of the molecule is COc1ccc(C(OC[C@H]2O[C@@H](N3C(=O)CCNC3=O)C[C@@H]2O)(c2ccccc2)c2ccc(OC)cc2)cc1. The highest BCUT2D eigenvalue weighted by molar-refractivity contribution is 5.97. The molecule has 0 spiro atoms. The molecule has 0 aliphatic carbocycles. The van der Waals surface area contributed by atoms with Crippen molar-refractivity contribution in [2.24, 2.45) is 0 Å². The van der Waals surface area contributed by atoms with Gasteiger partial charge in [0.15, 0.2) is 0 Å². The van der Waals surface area contributed by atoms with Crippen molar-refractivity contribution >= 4 is 11.9 Å². The Kier molecular flexibility index (Phi) is 7.83. The standard InChI is InChI=1S/C30H32N2O7/c1-36-23-12-8-21(9-13-23)30(20-6-4-3-5-7-20,22-10-14-24(37-2)15-11-22)38-19-26-25(33)18-28(39-26)32-27(34)16-17-31-29(32)35/h3-15,25-26,28,33H,16-19H2,1-2H3,(H,31,35)/t25-,26+,28+/m0/s1. The first kappa shape index (κ1) is 26.7. The van der Waals surface area contributed by atoms with Crippen molar-refractivity contribution in [2.75, 3.05) is 27.4 Å². The third-order valence-corrected chi connectivity index (χ3v) is 7.23. The predicted molar refractivity (Wildman–Crippen MR) is 142 cm³/mol. The van der Waals surface area contributed by atoms with E-state index >= 15 is 0 Å². The number of aliphatic hydroxyl groups is 1. The van der Waals surface area contributed by atoms with Gasteiger partial charge in [-0.25, -0.2) is 9.69 Å². The molecule has 5 rings (SSSR count). The van der Waals surface area contributed by atoms with Crippen LogP contribution in [-0.4, -0.2) is 67.8 Å². The number of hydrogen-bond donors (Lipinski definition) is 2. The number of nitrogens with zero attached hydrogens (tertiary/aromatic N) is 1. The van der Waals surface area contributed by atoms with Crippen LogP contribution in [0.15, 0.2) is 78.9 Å². The van der Waals surface area contributed by atoms with Gasteiger partial charge in [-0.1, -0.05) is 54.6 Å². The van der Waals surface area contributed by atoms with E-state index in [1.807, 2.05) is 78.9 Å². The highest BCUT2D eigenvalue weighted by atomic mass is 16.6. The zero-order valence-electron chi connectivity index (χ0n) is 21.9. The second-order valence-corrected chi connectivity index (χ2v) is 9.49. The van der Waals surface area contributed by atoms with Gasteiger partial charge in [0, 0.05) is 19.4 Å².